The summed E-state index contributed by atoms with van der Waals surface area (Å²) in [7, 11) is 0. The van der Waals surface area contributed by atoms with Gasteiger partial charge in [0.05, 0.1) is 17.1 Å². The van der Waals surface area contributed by atoms with Gasteiger partial charge in [-0.25, -0.2) is 4.98 Å². The molecule has 0 spiro atoms. The normalized spacial score (nSPS) is 12.4. The molecular weight excluding hydrogens is 380 g/mol. The van der Waals surface area contributed by atoms with E-state index >= 15 is 0 Å². The molecule has 5 heteroatoms. The van der Waals surface area contributed by atoms with Gasteiger partial charge in [0, 0.05) is 16.5 Å². The molecule has 1 unspecified atom stereocenters. The first-order valence-corrected chi connectivity index (χ1v) is 10.7. The van der Waals surface area contributed by atoms with Gasteiger partial charge in [-0.05, 0) is 43.2 Å². The van der Waals surface area contributed by atoms with E-state index in [1.54, 1.807) is 11.3 Å². The van der Waals surface area contributed by atoms with Gasteiger partial charge in [0.1, 0.15) is 11.9 Å². The maximum Gasteiger partial charge on any atom is 0.230 e. The molecule has 3 rings (SSSR count). The summed E-state index contributed by atoms with van der Waals surface area (Å²) in [4.78, 5) is 17.1. The number of thiazole rings is 1. The summed E-state index contributed by atoms with van der Waals surface area (Å²) in [5.41, 5.74) is 3.70. The third kappa shape index (κ3) is 5.67. The Morgan fingerprint density at radius 1 is 1.17 bits per heavy atom. The van der Waals surface area contributed by atoms with Crippen LogP contribution in [0.25, 0.3) is 0 Å². The van der Waals surface area contributed by atoms with Crippen LogP contribution < -0.4 is 10.1 Å². The topological polar surface area (TPSA) is 51.2 Å². The number of nitrogens with one attached hydrogen (secondary N) is 1. The molecule has 0 aliphatic heterocycles. The zero-order valence-electron chi connectivity index (χ0n) is 17.7. The van der Waals surface area contributed by atoms with Gasteiger partial charge in [0.25, 0.3) is 0 Å². The molecule has 0 radical (unpaired) electrons. The number of anilines is 1. The number of nitrogens with zero attached hydrogens (tertiary/aromatic N) is 1. The van der Waals surface area contributed by atoms with Gasteiger partial charge < -0.3 is 10.1 Å². The number of ether oxygens (including phenoxy) is 1. The van der Waals surface area contributed by atoms with Gasteiger partial charge in [0.2, 0.25) is 5.91 Å². The zero-order chi connectivity index (χ0) is 21.0. The second-order valence-corrected chi connectivity index (χ2v) is 9.12. The highest BCUT2D eigenvalue weighted by Gasteiger charge is 2.19. The molecule has 2 aromatic carbocycles. The Hall–Kier alpha value is -2.66. The molecular formula is C24H28N2O2S. The monoisotopic (exact) mass is 408 g/mol. The second kappa shape index (κ2) is 8.78. The molecule has 0 bridgehead atoms. The van der Waals surface area contributed by atoms with Crippen molar-refractivity contribution in [1.82, 2.24) is 4.98 Å². The quantitative estimate of drug-likeness (QED) is 0.538. The number of benzene rings is 2. The van der Waals surface area contributed by atoms with Crippen LogP contribution in [0.1, 0.15) is 55.6 Å². The number of carbonyl (C=O) groups is 1. The van der Waals surface area contributed by atoms with E-state index < -0.39 is 0 Å². The van der Waals surface area contributed by atoms with Crippen molar-refractivity contribution >= 4 is 22.9 Å². The van der Waals surface area contributed by atoms with Crippen molar-refractivity contribution in [2.75, 3.05) is 5.32 Å². The molecule has 1 amide bonds. The fourth-order valence-electron chi connectivity index (χ4n) is 2.94. The van der Waals surface area contributed by atoms with Crippen LogP contribution in [0.2, 0.25) is 0 Å². The Morgan fingerprint density at radius 2 is 1.90 bits per heavy atom. The molecule has 1 heterocycles. The predicted octanol–water partition coefficient (Wildman–Crippen LogP) is 6.07. The summed E-state index contributed by atoms with van der Waals surface area (Å²) in [6.07, 6.45) is 0.229. The van der Waals surface area contributed by atoms with Crippen molar-refractivity contribution in [2.24, 2.45) is 0 Å². The first kappa shape index (κ1) is 21.1. The summed E-state index contributed by atoms with van der Waals surface area (Å²) in [6, 6.07) is 15.8. The molecule has 0 saturated heterocycles. The van der Waals surface area contributed by atoms with E-state index in [0.29, 0.717) is 0 Å². The standard InChI is InChI=1S/C24H28N2O2S/c1-16-13-20(28-17(2)18-9-7-6-8-10-18)11-12-21(16)26-22(27)14-19-15-29-23(25-19)24(3,4)5/h6-13,15,17H,14H2,1-5H3,(H,26,27). The minimum Gasteiger partial charge on any atom is -0.486 e. The summed E-state index contributed by atoms with van der Waals surface area (Å²) in [5, 5.41) is 6.00. The number of carbonyl (C=O) groups excluding carboxylic acids is 1. The van der Waals surface area contributed by atoms with E-state index in [9.17, 15) is 4.79 Å². The summed E-state index contributed by atoms with van der Waals surface area (Å²) in [6.45, 7) is 10.4. The van der Waals surface area contributed by atoms with E-state index in [-0.39, 0.29) is 23.8 Å². The molecule has 1 atom stereocenters. The molecule has 152 valence electrons. The molecule has 3 aromatic rings. The van der Waals surface area contributed by atoms with Crippen LogP contribution in [0.4, 0.5) is 5.69 Å². The highest BCUT2D eigenvalue weighted by atomic mass is 32.1. The lowest BCUT2D eigenvalue weighted by Gasteiger charge is -2.16. The maximum atomic E-state index is 12.5. The van der Waals surface area contributed by atoms with Crippen molar-refractivity contribution in [2.45, 2.75) is 52.6 Å². The highest BCUT2D eigenvalue weighted by Crippen LogP contribution is 2.27. The van der Waals surface area contributed by atoms with Crippen LogP contribution in [-0.2, 0) is 16.6 Å². The third-order valence-corrected chi connectivity index (χ3v) is 5.91. The lowest BCUT2D eigenvalue weighted by molar-refractivity contribution is -0.115. The largest absolute Gasteiger partial charge is 0.486 e. The fraction of sp³-hybridized carbons (Fsp3) is 0.333. The Kier molecular flexibility index (Phi) is 6.38. The molecule has 0 aliphatic rings. The zero-order valence-corrected chi connectivity index (χ0v) is 18.5. The van der Waals surface area contributed by atoms with E-state index in [0.717, 1.165) is 33.3 Å². The molecule has 0 aliphatic carbocycles. The van der Waals surface area contributed by atoms with Crippen LogP contribution in [-0.4, -0.2) is 10.9 Å². The first-order valence-electron chi connectivity index (χ1n) is 9.79. The minimum atomic E-state index is -0.0646. The summed E-state index contributed by atoms with van der Waals surface area (Å²) < 4.78 is 6.05. The molecule has 1 N–H and O–H groups in total. The van der Waals surface area contributed by atoms with Gasteiger partial charge in [-0.1, -0.05) is 51.1 Å². The second-order valence-electron chi connectivity index (χ2n) is 8.27. The van der Waals surface area contributed by atoms with Crippen LogP contribution >= 0.6 is 11.3 Å². The molecule has 4 nitrogen and oxygen atoms in total. The fourth-order valence-corrected chi connectivity index (χ4v) is 3.84. The van der Waals surface area contributed by atoms with Crippen molar-refractivity contribution < 1.29 is 9.53 Å². The van der Waals surface area contributed by atoms with Crippen molar-refractivity contribution in [3.63, 3.8) is 0 Å². The summed E-state index contributed by atoms with van der Waals surface area (Å²) >= 11 is 1.61. The third-order valence-electron chi connectivity index (χ3n) is 4.59. The molecule has 0 fully saturated rings. The molecule has 1 aromatic heterocycles. The van der Waals surface area contributed by atoms with E-state index in [4.69, 9.17) is 4.74 Å². The van der Waals surface area contributed by atoms with E-state index in [1.165, 1.54) is 0 Å². The number of rotatable bonds is 6. The number of hydrogen-bond donors (Lipinski definition) is 1. The van der Waals surface area contributed by atoms with Gasteiger partial charge in [-0.15, -0.1) is 11.3 Å². The van der Waals surface area contributed by atoms with Gasteiger partial charge in [-0.3, -0.25) is 4.79 Å². The van der Waals surface area contributed by atoms with Crippen LogP contribution in [0.3, 0.4) is 0 Å². The Morgan fingerprint density at radius 3 is 2.52 bits per heavy atom. The van der Waals surface area contributed by atoms with Crippen LogP contribution in [0, 0.1) is 6.92 Å². The number of hydrogen-bond acceptors (Lipinski definition) is 4. The first-order chi connectivity index (χ1) is 13.7. The smallest absolute Gasteiger partial charge is 0.230 e. The van der Waals surface area contributed by atoms with Crippen molar-refractivity contribution in [3.05, 3.63) is 75.7 Å². The van der Waals surface area contributed by atoms with Crippen LogP contribution in [0.5, 0.6) is 5.75 Å². The van der Waals surface area contributed by atoms with Gasteiger partial charge in [0.15, 0.2) is 0 Å². The van der Waals surface area contributed by atoms with Crippen molar-refractivity contribution in [3.8, 4) is 5.75 Å². The lowest BCUT2D eigenvalue weighted by atomic mass is 9.98. The Balaban J connectivity index is 1.61. The van der Waals surface area contributed by atoms with Crippen LogP contribution in [0.15, 0.2) is 53.9 Å². The maximum absolute atomic E-state index is 12.5. The van der Waals surface area contributed by atoms with Gasteiger partial charge in [-0.2, -0.15) is 0 Å². The lowest BCUT2D eigenvalue weighted by Crippen LogP contribution is -2.16. The average molecular weight is 409 g/mol. The van der Waals surface area contributed by atoms with Gasteiger partial charge >= 0.3 is 0 Å². The Bertz CT molecular complexity index is 974. The highest BCUT2D eigenvalue weighted by molar-refractivity contribution is 7.09. The number of amides is 1. The minimum absolute atomic E-state index is 0.00268. The number of aryl methyl sites for hydroxylation is 1. The molecule has 29 heavy (non-hydrogen) atoms. The van der Waals surface area contributed by atoms with E-state index in [1.807, 2.05) is 55.6 Å². The van der Waals surface area contributed by atoms with Crippen molar-refractivity contribution in [1.29, 1.82) is 0 Å². The molecule has 0 saturated carbocycles. The predicted molar refractivity (Wildman–Crippen MR) is 120 cm³/mol. The average Bonchev–Trinajstić information content (AvgIpc) is 3.13. The summed E-state index contributed by atoms with van der Waals surface area (Å²) in [5.74, 6) is 0.719. The van der Waals surface area contributed by atoms with E-state index in [2.05, 4.69) is 43.2 Å². The number of aromatic nitrogens is 1. The Labute approximate surface area is 177 Å². The SMILES string of the molecule is Cc1cc(OC(C)c2ccccc2)ccc1NC(=O)Cc1csc(C(C)(C)C)n1.